The number of alkyl halides is 3. The summed E-state index contributed by atoms with van der Waals surface area (Å²) < 4.78 is 106. The maximum absolute atomic E-state index is 13.7. The van der Waals surface area contributed by atoms with Gasteiger partial charge in [0.1, 0.15) is 0 Å². The van der Waals surface area contributed by atoms with Crippen molar-refractivity contribution in [1.29, 1.82) is 0 Å². The van der Waals surface area contributed by atoms with E-state index in [4.69, 9.17) is 15.2 Å². The van der Waals surface area contributed by atoms with Gasteiger partial charge in [0.25, 0.3) is 20.0 Å². The second-order valence-corrected chi connectivity index (χ2v) is 18.0. The summed E-state index contributed by atoms with van der Waals surface area (Å²) in [5.41, 5.74) is 8.70. The summed E-state index contributed by atoms with van der Waals surface area (Å²) in [5.74, 6) is -0.336. The van der Waals surface area contributed by atoms with Crippen molar-refractivity contribution in [2.24, 2.45) is 11.8 Å². The van der Waals surface area contributed by atoms with Gasteiger partial charge < -0.3 is 25.1 Å². The zero-order valence-corrected chi connectivity index (χ0v) is 33.4. The van der Waals surface area contributed by atoms with Crippen LogP contribution in [0.5, 0.6) is 0 Å². The van der Waals surface area contributed by atoms with Crippen molar-refractivity contribution in [3.8, 4) is 0 Å². The Morgan fingerprint density at radius 2 is 1.23 bits per heavy atom. The quantitative estimate of drug-likeness (QED) is 0.132. The molecule has 0 atom stereocenters. The number of hydrogen-bond donors (Lipinski definition) is 2. The molecule has 2 saturated heterocycles. The smallest absolute Gasteiger partial charge is 0.397 e. The van der Waals surface area contributed by atoms with Crippen molar-refractivity contribution in [3.05, 3.63) is 103 Å². The maximum Gasteiger partial charge on any atom is 0.449 e. The molecule has 0 radical (unpaired) electrons. The highest BCUT2D eigenvalue weighted by Gasteiger charge is 2.38. The predicted molar refractivity (Wildman–Crippen MR) is 215 cm³/mol. The van der Waals surface area contributed by atoms with Crippen LogP contribution in [0.15, 0.2) is 107 Å². The summed E-state index contributed by atoms with van der Waals surface area (Å²) in [6, 6.07) is 25.9. The minimum absolute atomic E-state index is 0.0630. The van der Waals surface area contributed by atoms with Crippen molar-refractivity contribution in [3.63, 3.8) is 0 Å². The predicted octanol–water partition coefficient (Wildman–Crippen LogP) is 7.24. The van der Waals surface area contributed by atoms with Crippen LogP contribution in [0.3, 0.4) is 0 Å². The lowest BCUT2D eigenvalue weighted by atomic mass is 10.0. The number of nitrogens with one attached hydrogen (secondary N) is 1. The number of anilines is 4. The van der Waals surface area contributed by atoms with Gasteiger partial charge in [-0.2, -0.15) is 13.2 Å². The van der Waals surface area contributed by atoms with Gasteiger partial charge >= 0.3 is 6.18 Å². The van der Waals surface area contributed by atoms with E-state index < -0.39 is 32.0 Å². The molecule has 1 aromatic heterocycles. The molecule has 0 aliphatic carbocycles. The second kappa shape index (κ2) is 17.7. The molecular weight excluding hydrogens is 782 g/mol. The Kier molecular flexibility index (Phi) is 13.0. The first-order chi connectivity index (χ1) is 27.2. The molecule has 2 fully saturated rings. The Morgan fingerprint density at radius 3 is 1.74 bits per heavy atom. The fourth-order valence-corrected chi connectivity index (χ4v) is 9.21. The normalized spacial score (nSPS) is 15.8. The lowest BCUT2D eigenvalue weighted by molar-refractivity contribution is -0.147. The van der Waals surface area contributed by atoms with Gasteiger partial charge in [0, 0.05) is 53.6 Å². The number of fused-ring (bicyclic) bond motifs is 1. The Balaban J connectivity index is 0.000000196. The van der Waals surface area contributed by atoms with Gasteiger partial charge in [0.2, 0.25) is 5.82 Å². The SMILES string of the molecule is CN(c1ccc(NCC2CCOCC2)c(N)c1)S(=O)(=O)c1ccccc1.CN(c1ccc2c(c1)nc(C(F)(F)F)n2CC1CCOCC1)S(=O)(=O)c1ccccc1. The summed E-state index contributed by atoms with van der Waals surface area (Å²) in [6.07, 6.45) is -1.15. The Hall–Kier alpha value is -4.84. The third kappa shape index (κ3) is 9.83. The van der Waals surface area contributed by atoms with Crippen molar-refractivity contribution in [2.75, 3.05) is 66.7 Å². The molecule has 3 heterocycles. The summed E-state index contributed by atoms with van der Waals surface area (Å²) in [5, 5.41) is 3.37. The standard InChI is InChI=1S/C21H22F3N3O3S.C19H25N3O3S/c1-26(31(28,29)17-5-3-2-4-6-17)16-7-8-19-18(13-16)25-20(21(22,23)24)27(19)14-15-9-11-30-12-10-15;1-22(26(23,24)17-5-3-2-4-6-17)16-7-8-19(18(20)13-16)21-14-15-9-11-25-12-10-15/h2-8,13,15H,9-12,14H2,1H3;2-8,13,15,21H,9-12,14,20H2,1H3. The molecule has 5 aromatic rings. The largest absolute Gasteiger partial charge is 0.449 e. The van der Waals surface area contributed by atoms with Gasteiger partial charge in [-0.15, -0.1) is 0 Å². The molecule has 12 nitrogen and oxygen atoms in total. The molecule has 0 spiro atoms. The number of sulfonamides is 2. The van der Waals surface area contributed by atoms with Crippen LogP contribution in [-0.4, -0.2) is 73.5 Å². The number of rotatable bonds is 11. The molecule has 306 valence electrons. The molecule has 4 aromatic carbocycles. The fraction of sp³-hybridized carbons (Fsp3) is 0.375. The van der Waals surface area contributed by atoms with E-state index in [1.165, 1.54) is 53.3 Å². The topological polar surface area (TPSA) is 149 Å². The molecule has 0 amide bonds. The van der Waals surface area contributed by atoms with Crippen molar-refractivity contribution >= 4 is 53.8 Å². The number of benzene rings is 4. The Labute approximate surface area is 331 Å². The first kappa shape index (κ1) is 41.8. The highest BCUT2D eigenvalue weighted by molar-refractivity contribution is 7.93. The van der Waals surface area contributed by atoms with Crippen LogP contribution in [0.25, 0.3) is 11.0 Å². The number of ether oxygens (including phenoxy) is 2. The van der Waals surface area contributed by atoms with Crippen LogP contribution in [0.2, 0.25) is 0 Å². The van der Waals surface area contributed by atoms with E-state index >= 15 is 0 Å². The third-order valence-electron chi connectivity index (χ3n) is 10.3. The van der Waals surface area contributed by atoms with E-state index in [0.717, 1.165) is 42.6 Å². The number of nitrogen functional groups attached to an aromatic ring is 1. The van der Waals surface area contributed by atoms with Crippen LogP contribution in [0.4, 0.5) is 35.9 Å². The highest BCUT2D eigenvalue weighted by atomic mass is 32.2. The van der Waals surface area contributed by atoms with Crippen LogP contribution < -0.4 is 19.7 Å². The summed E-state index contributed by atoms with van der Waals surface area (Å²) in [4.78, 5) is 4.18. The summed E-state index contributed by atoms with van der Waals surface area (Å²) in [6.45, 7) is 3.71. The van der Waals surface area contributed by atoms with Crippen molar-refractivity contribution < 1.29 is 39.5 Å². The number of imidazole rings is 1. The van der Waals surface area contributed by atoms with Gasteiger partial charge in [-0.3, -0.25) is 8.61 Å². The molecular formula is C40H47F3N6O6S2. The molecule has 0 unspecified atom stereocenters. The molecule has 2 aliphatic heterocycles. The van der Waals surface area contributed by atoms with Crippen LogP contribution in [0.1, 0.15) is 31.5 Å². The van der Waals surface area contributed by atoms with E-state index in [9.17, 15) is 30.0 Å². The monoisotopic (exact) mass is 828 g/mol. The first-order valence-electron chi connectivity index (χ1n) is 18.6. The number of halogens is 3. The molecule has 2 aliphatic rings. The number of nitrogens with two attached hydrogens (primary N) is 1. The third-order valence-corrected chi connectivity index (χ3v) is 13.9. The van der Waals surface area contributed by atoms with Gasteiger partial charge in [0.15, 0.2) is 0 Å². The maximum atomic E-state index is 13.7. The molecule has 0 saturated carbocycles. The minimum Gasteiger partial charge on any atom is -0.397 e. The minimum atomic E-state index is -4.62. The Bertz CT molecular complexity index is 2330. The van der Waals surface area contributed by atoms with E-state index in [0.29, 0.717) is 48.9 Å². The van der Waals surface area contributed by atoms with Crippen LogP contribution in [0, 0.1) is 11.8 Å². The van der Waals surface area contributed by atoms with Gasteiger partial charge in [0.05, 0.1) is 43.6 Å². The van der Waals surface area contributed by atoms with E-state index in [1.54, 1.807) is 60.7 Å². The highest BCUT2D eigenvalue weighted by Crippen LogP contribution is 2.35. The van der Waals surface area contributed by atoms with Crippen LogP contribution >= 0.6 is 0 Å². The van der Waals surface area contributed by atoms with E-state index in [-0.39, 0.29) is 33.5 Å². The van der Waals surface area contributed by atoms with E-state index in [1.807, 2.05) is 6.07 Å². The number of hydrogen-bond acceptors (Lipinski definition) is 9. The molecule has 57 heavy (non-hydrogen) atoms. The van der Waals surface area contributed by atoms with Gasteiger partial charge in [-0.1, -0.05) is 36.4 Å². The lowest BCUT2D eigenvalue weighted by Gasteiger charge is -2.24. The lowest BCUT2D eigenvalue weighted by Crippen LogP contribution is -2.26. The molecule has 3 N–H and O–H groups in total. The summed E-state index contributed by atoms with van der Waals surface area (Å²) >= 11 is 0. The van der Waals surface area contributed by atoms with Crippen molar-refractivity contribution in [2.45, 2.75) is 48.2 Å². The van der Waals surface area contributed by atoms with Crippen LogP contribution in [-0.2, 0) is 42.2 Å². The van der Waals surface area contributed by atoms with E-state index in [2.05, 4.69) is 10.3 Å². The average molecular weight is 829 g/mol. The molecule has 7 rings (SSSR count). The van der Waals surface area contributed by atoms with Crippen molar-refractivity contribution in [1.82, 2.24) is 9.55 Å². The fourth-order valence-electron chi connectivity index (χ4n) is 6.79. The average Bonchev–Trinajstić information content (AvgIpc) is 3.59. The number of nitrogens with zero attached hydrogens (tertiary/aromatic N) is 4. The zero-order chi connectivity index (χ0) is 40.8. The summed E-state index contributed by atoms with van der Waals surface area (Å²) in [7, 11) is -4.56. The first-order valence-corrected chi connectivity index (χ1v) is 21.5. The molecule has 0 bridgehead atoms. The zero-order valence-electron chi connectivity index (χ0n) is 31.7. The van der Waals surface area contributed by atoms with Gasteiger partial charge in [-0.25, -0.2) is 21.8 Å². The van der Waals surface area contributed by atoms with Gasteiger partial charge in [-0.05, 0) is 98.2 Å². The second-order valence-electron chi connectivity index (χ2n) is 14.1. The molecule has 17 heteroatoms. The number of aromatic nitrogens is 2. The Morgan fingerprint density at radius 1 is 0.737 bits per heavy atom.